The molecule has 0 aliphatic rings. The van der Waals surface area contributed by atoms with E-state index in [4.69, 9.17) is 10.5 Å². The lowest BCUT2D eigenvalue weighted by atomic mass is 9.95. The standard InChI is InChI=1S/C19H12N4O10/c20-16-14(18(25)26)13(15(19(27)28)17(24)21-16)8-2-1-3-10(6-8)33-12-5-4-9(22(29)30)7-11(12)23(31)32/h1-7H,(H,25,26)(H,27,28)(H3,20,21,24). The fraction of sp³-hybridized carbons (Fsp3) is 0. The SMILES string of the molecule is Nc1[nH]c(=O)c(C(=O)O)c(-c2cccc(Oc3ccc([N+](=O)[O-])cc3[N+](=O)[O-])c2)c1C(=O)O. The first kappa shape index (κ1) is 22.4. The molecular formula is C19H12N4O10. The summed E-state index contributed by atoms with van der Waals surface area (Å²) in [7, 11) is 0. The number of rotatable bonds is 7. The van der Waals surface area contributed by atoms with Crippen molar-refractivity contribution in [3.63, 3.8) is 0 Å². The Balaban J connectivity index is 2.18. The minimum Gasteiger partial charge on any atom is -0.478 e. The van der Waals surface area contributed by atoms with Gasteiger partial charge in [-0.2, -0.15) is 0 Å². The summed E-state index contributed by atoms with van der Waals surface area (Å²) in [6.45, 7) is 0. The highest BCUT2D eigenvalue weighted by Crippen LogP contribution is 2.37. The van der Waals surface area contributed by atoms with E-state index in [2.05, 4.69) is 0 Å². The van der Waals surface area contributed by atoms with Crippen LogP contribution < -0.4 is 16.0 Å². The van der Waals surface area contributed by atoms with Crippen molar-refractivity contribution < 1.29 is 34.4 Å². The Bertz CT molecular complexity index is 1400. The van der Waals surface area contributed by atoms with E-state index in [0.717, 1.165) is 18.2 Å². The van der Waals surface area contributed by atoms with Crippen molar-refractivity contribution in [1.29, 1.82) is 0 Å². The number of nitrogen functional groups attached to an aromatic ring is 1. The van der Waals surface area contributed by atoms with Crippen LogP contribution in [-0.4, -0.2) is 37.0 Å². The number of H-pyrrole nitrogens is 1. The molecule has 14 heteroatoms. The van der Waals surface area contributed by atoms with Crippen molar-refractivity contribution in [2.75, 3.05) is 5.73 Å². The largest absolute Gasteiger partial charge is 0.478 e. The average molecular weight is 456 g/mol. The number of nitro benzene ring substituents is 2. The van der Waals surface area contributed by atoms with E-state index >= 15 is 0 Å². The van der Waals surface area contributed by atoms with Gasteiger partial charge < -0.3 is 25.7 Å². The molecule has 0 amide bonds. The summed E-state index contributed by atoms with van der Waals surface area (Å²) in [5.41, 5.74) is 1.04. The van der Waals surface area contributed by atoms with Crippen LogP contribution in [0.4, 0.5) is 17.2 Å². The quantitative estimate of drug-likeness (QED) is 0.298. The van der Waals surface area contributed by atoms with Crippen LogP contribution in [0, 0.1) is 20.2 Å². The molecule has 3 rings (SSSR count). The van der Waals surface area contributed by atoms with Crippen LogP contribution in [0.15, 0.2) is 47.3 Å². The number of nitrogens with one attached hydrogen (secondary N) is 1. The number of aromatic nitrogens is 1. The maximum atomic E-state index is 12.2. The smallest absolute Gasteiger partial charge is 0.342 e. The number of anilines is 1. The molecule has 33 heavy (non-hydrogen) atoms. The minimum absolute atomic E-state index is 0.0929. The van der Waals surface area contributed by atoms with Gasteiger partial charge in [0.2, 0.25) is 5.75 Å². The van der Waals surface area contributed by atoms with Gasteiger partial charge in [0.25, 0.3) is 11.2 Å². The number of hydrogen-bond acceptors (Lipinski definition) is 9. The van der Waals surface area contributed by atoms with Gasteiger partial charge in [-0.25, -0.2) is 9.59 Å². The summed E-state index contributed by atoms with van der Waals surface area (Å²) < 4.78 is 5.45. The molecule has 5 N–H and O–H groups in total. The van der Waals surface area contributed by atoms with Gasteiger partial charge in [0.05, 0.1) is 15.9 Å². The Morgan fingerprint density at radius 1 is 0.970 bits per heavy atom. The third-order valence-electron chi connectivity index (χ3n) is 4.37. The molecule has 2 aromatic carbocycles. The zero-order valence-corrected chi connectivity index (χ0v) is 16.2. The van der Waals surface area contributed by atoms with Crippen LogP contribution in [-0.2, 0) is 0 Å². The summed E-state index contributed by atoms with van der Waals surface area (Å²) in [6, 6.07) is 7.72. The number of nitro groups is 2. The van der Waals surface area contributed by atoms with Gasteiger partial charge in [-0.1, -0.05) is 12.1 Å². The number of ether oxygens (including phenoxy) is 1. The lowest BCUT2D eigenvalue weighted by Gasteiger charge is -2.13. The second kappa shape index (κ2) is 8.46. The van der Waals surface area contributed by atoms with E-state index in [1.54, 1.807) is 0 Å². The third-order valence-corrected chi connectivity index (χ3v) is 4.37. The van der Waals surface area contributed by atoms with Gasteiger partial charge in [-0.3, -0.25) is 25.0 Å². The molecule has 1 heterocycles. The summed E-state index contributed by atoms with van der Waals surface area (Å²) >= 11 is 0. The minimum atomic E-state index is -1.72. The predicted molar refractivity (Wildman–Crippen MR) is 111 cm³/mol. The number of carboxylic acid groups (broad SMARTS) is 2. The molecule has 0 aliphatic carbocycles. The number of non-ortho nitro benzene ring substituents is 1. The number of nitrogens with zero attached hydrogens (tertiary/aromatic N) is 2. The fourth-order valence-electron chi connectivity index (χ4n) is 3.03. The summed E-state index contributed by atoms with van der Waals surface area (Å²) in [5, 5.41) is 41.2. The maximum absolute atomic E-state index is 12.2. The summed E-state index contributed by atoms with van der Waals surface area (Å²) in [6.07, 6.45) is 0. The Morgan fingerprint density at radius 2 is 1.64 bits per heavy atom. The average Bonchev–Trinajstić information content (AvgIpc) is 2.72. The van der Waals surface area contributed by atoms with Crippen LogP contribution in [0.25, 0.3) is 11.1 Å². The van der Waals surface area contributed by atoms with E-state index in [9.17, 15) is 44.8 Å². The van der Waals surface area contributed by atoms with Gasteiger partial charge >= 0.3 is 17.6 Å². The highest BCUT2D eigenvalue weighted by atomic mass is 16.6. The van der Waals surface area contributed by atoms with Crippen molar-refractivity contribution in [2.45, 2.75) is 0 Å². The van der Waals surface area contributed by atoms with Gasteiger partial charge in [-0.05, 0) is 23.8 Å². The van der Waals surface area contributed by atoms with Gasteiger partial charge in [-0.15, -0.1) is 0 Å². The molecule has 0 atom stereocenters. The molecule has 0 fully saturated rings. The summed E-state index contributed by atoms with van der Waals surface area (Å²) in [5.74, 6) is -4.39. The number of carboxylic acids is 2. The van der Waals surface area contributed by atoms with Crippen molar-refractivity contribution in [3.8, 4) is 22.6 Å². The number of hydrogen-bond donors (Lipinski definition) is 4. The van der Waals surface area contributed by atoms with Crippen molar-refractivity contribution in [3.05, 3.63) is 84.2 Å². The van der Waals surface area contributed by atoms with Gasteiger partial charge in [0, 0.05) is 11.6 Å². The van der Waals surface area contributed by atoms with Gasteiger partial charge in [0.1, 0.15) is 22.7 Å². The van der Waals surface area contributed by atoms with Crippen molar-refractivity contribution in [2.24, 2.45) is 0 Å². The van der Waals surface area contributed by atoms with Crippen LogP contribution >= 0.6 is 0 Å². The molecular weight excluding hydrogens is 444 g/mol. The van der Waals surface area contributed by atoms with Crippen LogP contribution in [0.2, 0.25) is 0 Å². The second-order valence-electron chi connectivity index (χ2n) is 6.40. The van der Waals surface area contributed by atoms with Crippen LogP contribution in [0.3, 0.4) is 0 Å². The van der Waals surface area contributed by atoms with E-state index in [1.807, 2.05) is 4.98 Å². The number of pyridine rings is 1. The fourth-order valence-corrected chi connectivity index (χ4v) is 3.03. The zero-order chi connectivity index (χ0) is 24.4. The monoisotopic (exact) mass is 456 g/mol. The number of nitrogens with two attached hydrogens (primary N) is 1. The zero-order valence-electron chi connectivity index (χ0n) is 16.2. The number of aromatic carboxylic acids is 2. The third kappa shape index (κ3) is 4.29. The molecule has 0 saturated heterocycles. The molecule has 168 valence electrons. The van der Waals surface area contributed by atoms with Crippen LogP contribution in [0.5, 0.6) is 11.5 Å². The molecule has 0 radical (unpaired) electrons. The normalized spacial score (nSPS) is 10.4. The second-order valence-corrected chi connectivity index (χ2v) is 6.40. The van der Waals surface area contributed by atoms with E-state index in [-0.39, 0.29) is 17.1 Å². The Labute approximate surface area is 181 Å². The number of benzene rings is 2. The van der Waals surface area contributed by atoms with E-state index < -0.39 is 61.2 Å². The predicted octanol–water partition coefficient (Wildman–Crippen LogP) is 2.63. The van der Waals surface area contributed by atoms with Gasteiger partial charge in [0.15, 0.2) is 0 Å². The van der Waals surface area contributed by atoms with Crippen LogP contribution in [0.1, 0.15) is 20.7 Å². The molecule has 0 spiro atoms. The van der Waals surface area contributed by atoms with E-state index in [1.165, 1.54) is 18.2 Å². The molecule has 0 unspecified atom stereocenters. The highest BCUT2D eigenvalue weighted by molar-refractivity contribution is 6.07. The molecule has 3 aromatic rings. The number of aromatic amines is 1. The highest BCUT2D eigenvalue weighted by Gasteiger charge is 2.27. The first-order valence-electron chi connectivity index (χ1n) is 8.74. The Morgan fingerprint density at radius 3 is 2.21 bits per heavy atom. The molecule has 0 bridgehead atoms. The first-order valence-corrected chi connectivity index (χ1v) is 8.74. The lowest BCUT2D eigenvalue weighted by molar-refractivity contribution is -0.394. The molecule has 0 aliphatic heterocycles. The molecule has 14 nitrogen and oxygen atoms in total. The molecule has 0 saturated carbocycles. The summed E-state index contributed by atoms with van der Waals surface area (Å²) in [4.78, 5) is 58.0. The topological polar surface area (TPSA) is 229 Å². The first-order chi connectivity index (χ1) is 15.5. The Kier molecular flexibility index (Phi) is 5.75. The maximum Gasteiger partial charge on any atom is 0.342 e. The number of carbonyl (C=O) groups is 2. The van der Waals surface area contributed by atoms with Crippen molar-refractivity contribution >= 4 is 29.1 Å². The van der Waals surface area contributed by atoms with Crippen molar-refractivity contribution in [1.82, 2.24) is 4.98 Å². The Hall–Kier alpha value is -5.27. The molecule has 1 aromatic heterocycles. The van der Waals surface area contributed by atoms with E-state index in [0.29, 0.717) is 6.07 Å². The lowest BCUT2D eigenvalue weighted by Crippen LogP contribution is -2.24.